The topological polar surface area (TPSA) is 51.3 Å². The molecule has 100 valence electrons. The van der Waals surface area contributed by atoms with Gasteiger partial charge in [-0.15, -0.1) is 0 Å². The van der Waals surface area contributed by atoms with Gasteiger partial charge < -0.3 is 14.5 Å². The molecule has 0 amide bonds. The van der Waals surface area contributed by atoms with Crippen LogP contribution in [0.3, 0.4) is 0 Å². The number of esters is 1. The number of H-pyrrole nitrogens is 1. The minimum atomic E-state index is -0.498. The maximum Gasteiger partial charge on any atom is 0.355 e. The lowest BCUT2D eigenvalue weighted by atomic mass is 10.2. The molecule has 1 aromatic carbocycles. The van der Waals surface area contributed by atoms with Crippen molar-refractivity contribution in [2.24, 2.45) is 0 Å². The van der Waals surface area contributed by atoms with Crippen molar-refractivity contribution in [2.75, 3.05) is 7.11 Å². The third kappa shape index (κ3) is 3.35. The quantitative estimate of drug-likeness (QED) is 0.877. The molecule has 4 nitrogen and oxygen atoms in total. The first-order valence-electron chi connectivity index (χ1n) is 5.43. The summed E-state index contributed by atoms with van der Waals surface area (Å²) in [6.45, 7) is -0.00358. The Morgan fingerprint density at radius 1 is 1.42 bits per heavy atom. The maximum absolute atomic E-state index is 13.4. The predicted octanol–water partition coefficient (Wildman–Crippen LogP) is 3.28. The lowest BCUT2D eigenvalue weighted by molar-refractivity contribution is 0.0466. The van der Waals surface area contributed by atoms with Crippen LogP contribution in [0.2, 0.25) is 0 Å². The van der Waals surface area contributed by atoms with Crippen LogP contribution in [0, 0.1) is 5.82 Å². The fourth-order valence-corrected chi connectivity index (χ4v) is 1.86. The minimum absolute atomic E-state index is 0.00358. The zero-order chi connectivity index (χ0) is 13.8. The average molecular weight is 328 g/mol. The van der Waals surface area contributed by atoms with Gasteiger partial charge in [-0.2, -0.15) is 0 Å². The Kier molecular flexibility index (Phi) is 4.21. The zero-order valence-corrected chi connectivity index (χ0v) is 11.7. The minimum Gasteiger partial charge on any atom is -0.494 e. The summed E-state index contributed by atoms with van der Waals surface area (Å²) in [4.78, 5) is 14.4. The van der Waals surface area contributed by atoms with Crippen molar-refractivity contribution in [3.8, 4) is 5.75 Å². The van der Waals surface area contributed by atoms with Crippen LogP contribution in [0.25, 0.3) is 0 Å². The van der Waals surface area contributed by atoms with Crippen molar-refractivity contribution in [1.82, 2.24) is 4.98 Å². The molecule has 0 saturated carbocycles. The highest BCUT2D eigenvalue weighted by molar-refractivity contribution is 9.10. The van der Waals surface area contributed by atoms with Crippen LogP contribution in [0.4, 0.5) is 4.39 Å². The van der Waals surface area contributed by atoms with E-state index in [0.29, 0.717) is 11.3 Å². The molecular formula is C13H11BrFNO3. The fourth-order valence-electron chi connectivity index (χ4n) is 1.51. The number of hydrogen-bond acceptors (Lipinski definition) is 3. The second kappa shape index (κ2) is 5.88. The average Bonchev–Trinajstić information content (AvgIpc) is 2.83. The highest BCUT2D eigenvalue weighted by Gasteiger charge is 2.10. The summed E-state index contributed by atoms with van der Waals surface area (Å²) in [6.07, 6.45) is 1.63. The predicted molar refractivity (Wildman–Crippen MR) is 70.6 cm³/mol. The Morgan fingerprint density at radius 3 is 2.79 bits per heavy atom. The van der Waals surface area contributed by atoms with E-state index < -0.39 is 11.8 Å². The van der Waals surface area contributed by atoms with Crippen molar-refractivity contribution in [1.29, 1.82) is 0 Å². The number of carbonyl (C=O) groups is 1. The molecule has 0 saturated heterocycles. The van der Waals surface area contributed by atoms with Crippen molar-refractivity contribution >= 4 is 21.9 Å². The Labute approximate surface area is 117 Å². The molecule has 0 aliphatic carbocycles. The van der Waals surface area contributed by atoms with Crippen LogP contribution in [0.5, 0.6) is 5.75 Å². The van der Waals surface area contributed by atoms with Crippen LogP contribution in [-0.4, -0.2) is 18.1 Å². The summed E-state index contributed by atoms with van der Waals surface area (Å²) in [6, 6.07) is 6.01. The maximum atomic E-state index is 13.4. The van der Waals surface area contributed by atoms with Gasteiger partial charge in [-0.1, -0.05) is 6.07 Å². The van der Waals surface area contributed by atoms with Gasteiger partial charge in [0.05, 0.1) is 7.11 Å². The third-order valence-electron chi connectivity index (χ3n) is 2.45. The first-order valence-corrected chi connectivity index (χ1v) is 6.23. The highest BCUT2D eigenvalue weighted by Crippen LogP contribution is 2.18. The van der Waals surface area contributed by atoms with Gasteiger partial charge in [0.15, 0.2) is 11.6 Å². The molecule has 19 heavy (non-hydrogen) atoms. The molecule has 0 atom stereocenters. The number of hydrogen-bond donors (Lipinski definition) is 1. The van der Waals surface area contributed by atoms with E-state index in [9.17, 15) is 9.18 Å². The molecule has 0 aliphatic rings. The molecular weight excluding hydrogens is 317 g/mol. The van der Waals surface area contributed by atoms with Gasteiger partial charge in [0.25, 0.3) is 0 Å². The standard InChI is InChI=1S/C13H11BrFNO3/c1-18-12-3-2-8(4-10(12)15)7-19-13(17)11-5-9(14)6-16-11/h2-6,16H,7H2,1H3. The number of carbonyl (C=O) groups excluding carboxylic acids is 1. The summed E-state index contributed by atoms with van der Waals surface area (Å²) in [5, 5.41) is 0. The van der Waals surface area contributed by atoms with Gasteiger partial charge in [0.2, 0.25) is 0 Å². The van der Waals surface area contributed by atoms with Crippen LogP contribution >= 0.6 is 15.9 Å². The summed E-state index contributed by atoms with van der Waals surface area (Å²) in [7, 11) is 1.39. The fraction of sp³-hybridized carbons (Fsp3) is 0.154. The number of aromatic nitrogens is 1. The van der Waals surface area contributed by atoms with Gasteiger partial charge in [0.1, 0.15) is 12.3 Å². The first-order chi connectivity index (χ1) is 9.10. The SMILES string of the molecule is COc1ccc(COC(=O)c2cc(Br)c[nH]2)cc1F. The van der Waals surface area contributed by atoms with E-state index in [-0.39, 0.29) is 12.4 Å². The second-order valence-corrected chi connectivity index (χ2v) is 4.69. The number of nitrogens with one attached hydrogen (secondary N) is 1. The molecule has 0 fully saturated rings. The molecule has 2 rings (SSSR count). The van der Waals surface area contributed by atoms with Crippen LogP contribution in [0.15, 0.2) is 34.9 Å². The number of halogens is 2. The summed E-state index contributed by atoms with van der Waals surface area (Å²) >= 11 is 3.22. The summed E-state index contributed by atoms with van der Waals surface area (Å²) in [5.74, 6) is -0.830. The van der Waals surface area contributed by atoms with E-state index in [4.69, 9.17) is 9.47 Å². The number of ether oxygens (including phenoxy) is 2. The monoisotopic (exact) mass is 327 g/mol. The Hall–Kier alpha value is -1.82. The molecule has 2 aromatic rings. The Morgan fingerprint density at radius 2 is 2.21 bits per heavy atom. The second-order valence-electron chi connectivity index (χ2n) is 3.78. The van der Waals surface area contributed by atoms with Crippen molar-refractivity contribution in [3.63, 3.8) is 0 Å². The van der Waals surface area contributed by atoms with Gasteiger partial charge in [-0.3, -0.25) is 0 Å². The van der Waals surface area contributed by atoms with Crippen molar-refractivity contribution < 1.29 is 18.7 Å². The lowest BCUT2D eigenvalue weighted by Gasteiger charge is -2.06. The molecule has 0 radical (unpaired) electrons. The number of rotatable bonds is 4. The van der Waals surface area contributed by atoms with Gasteiger partial charge in [0, 0.05) is 10.7 Å². The van der Waals surface area contributed by atoms with Gasteiger partial charge >= 0.3 is 5.97 Å². The number of aromatic amines is 1. The lowest BCUT2D eigenvalue weighted by Crippen LogP contribution is -2.05. The molecule has 0 unspecified atom stereocenters. The normalized spacial score (nSPS) is 10.3. The van der Waals surface area contributed by atoms with Crippen molar-refractivity contribution in [3.05, 3.63) is 52.0 Å². The van der Waals surface area contributed by atoms with Gasteiger partial charge in [-0.05, 0) is 39.7 Å². The first kappa shape index (κ1) is 13.6. The van der Waals surface area contributed by atoms with Crippen LogP contribution < -0.4 is 4.74 Å². The van der Waals surface area contributed by atoms with E-state index in [0.717, 1.165) is 4.47 Å². The Balaban J connectivity index is 1.99. The largest absolute Gasteiger partial charge is 0.494 e. The zero-order valence-electron chi connectivity index (χ0n) is 10.1. The number of benzene rings is 1. The van der Waals surface area contributed by atoms with Crippen LogP contribution in [-0.2, 0) is 11.3 Å². The molecule has 6 heteroatoms. The van der Waals surface area contributed by atoms with Crippen LogP contribution in [0.1, 0.15) is 16.1 Å². The smallest absolute Gasteiger partial charge is 0.355 e. The van der Waals surface area contributed by atoms with E-state index in [2.05, 4.69) is 20.9 Å². The molecule has 1 aromatic heterocycles. The molecule has 0 aliphatic heterocycles. The number of methoxy groups -OCH3 is 1. The van der Waals surface area contributed by atoms with E-state index >= 15 is 0 Å². The Bertz CT molecular complexity index is 597. The van der Waals surface area contributed by atoms with Gasteiger partial charge in [-0.25, -0.2) is 9.18 Å². The van der Waals surface area contributed by atoms with Crippen molar-refractivity contribution in [2.45, 2.75) is 6.61 Å². The molecule has 0 bridgehead atoms. The van der Waals surface area contributed by atoms with E-state index in [1.807, 2.05) is 0 Å². The van der Waals surface area contributed by atoms with E-state index in [1.165, 1.54) is 19.2 Å². The third-order valence-corrected chi connectivity index (χ3v) is 2.91. The summed E-state index contributed by atoms with van der Waals surface area (Å²) < 4.78 is 24.0. The summed E-state index contributed by atoms with van der Waals surface area (Å²) in [5.41, 5.74) is 0.887. The molecule has 1 heterocycles. The molecule has 0 spiro atoms. The molecule has 1 N–H and O–H groups in total. The van der Waals surface area contributed by atoms with E-state index in [1.54, 1.807) is 18.3 Å². The highest BCUT2D eigenvalue weighted by atomic mass is 79.9.